The van der Waals surface area contributed by atoms with Gasteiger partial charge in [-0.25, -0.2) is 18.5 Å². The van der Waals surface area contributed by atoms with Gasteiger partial charge >= 0.3 is 7.82 Å². The number of hydrogen-bond donors (Lipinski definition) is 3. The van der Waals surface area contributed by atoms with Crippen molar-refractivity contribution < 1.29 is 37.5 Å². The number of nitrogens with zero attached hydrogens (tertiary/aromatic N) is 5. The van der Waals surface area contributed by atoms with Crippen molar-refractivity contribution in [3.8, 4) is 12.1 Å². The highest BCUT2D eigenvalue weighted by molar-refractivity contribution is 7.47. The van der Waals surface area contributed by atoms with Gasteiger partial charge in [-0.1, -0.05) is 116 Å². The molecular formula is C41H60FN6O7P. The first kappa shape index (κ1) is 45.2. The second-order valence-corrected chi connectivity index (χ2v) is 16.6. The molecule has 0 saturated carbocycles. The lowest BCUT2D eigenvalue weighted by Crippen LogP contribution is -2.35. The Hall–Kier alpha value is -3.46. The van der Waals surface area contributed by atoms with E-state index in [9.17, 15) is 29.5 Å². The molecule has 0 radical (unpaired) electrons. The number of ether oxygens (including phenoxy) is 2. The van der Waals surface area contributed by atoms with Crippen LogP contribution >= 0.6 is 7.82 Å². The summed E-state index contributed by atoms with van der Waals surface area (Å²) in [5, 5.41) is 34.9. The molecule has 1 aromatic carbocycles. The van der Waals surface area contributed by atoms with Crippen LogP contribution in [0, 0.1) is 28.5 Å². The molecule has 1 saturated heterocycles. The number of rotatable bonds is 28. The Balaban J connectivity index is 1.20. The van der Waals surface area contributed by atoms with Crippen molar-refractivity contribution in [2.75, 3.05) is 25.6 Å². The third-order valence-electron chi connectivity index (χ3n) is 10.4. The van der Waals surface area contributed by atoms with Crippen LogP contribution < -0.4 is 5.73 Å². The van der Waals surface area contributed by atoms with E-state index in [1.165, 1.54) is 106 Å². The van der Waals surface area contributed by atoms with Crippen molar-refractivity contribution in [2.45, 2.75) is 153 Å². The van der Waals surface area contributed by atoms with Crippen molar-refractivity contribution in [1.82, 2.24) is 14.6 Å². The smallest absolute Gasteiger partial charge is 0.382 e. The third kappa shape index (κ3) is 14.5. The minimum absolute atomic E-state index is 0.0367. The third-order valence-corrected chi connectivity index (χ3v) is 11.3. The number of nitrogens with two attached hydrogens (primary N) is 1. The molecule has 3 aromatic rings. The SMILES string of the molecule is CCCCCCCCCCCCCCCCCCC[C@@H](COP(=O)(O)OC[C@]1(C#N)C[C@@](O)(c2ccc3c(N)ncnn23)CO1)OCc1cc(F)cc(C#N)c1. The predicted octanol–water partition coefficient (Wildman–Crippen LogP) is 8.95. The van der Waals surface area contributed by atoms with Crippen LogP contribution in [0.5, 0.6) is 0 Å². The van der Waals surface area contributed by atoms with Crippen molar-refractivity contribution in [3.05, 3.63) is 59.3 Å². The number of benzene rings is 1. The van der Waals surface area contributed by atoms with E-state index in [4.69, 9.17) is 24.3 Å². The Kier molecular flexibility index (Phi) is 18.6. The lowest BCUT2D eigenvalue weighted by Gasteiger charge is -2.24. The van der Waals surface area contributed by atoms with Crippen LogP contribution in [-0.2, 0) is 35.3 Å². The molecule has 13 nitrogen and oxygen atoms in total. The van der Waals surface area contributed by atoms with E-state index in [1.54, 1.807) is 12.1 Å². The van der Waals surface area contributed by atoms with Crippen LogP contribution in [0.1, 0.15) is 146 Å². The second-order valence-electron chi connectivity index (χ2n) is 15.1. The number of aliphatic hydroxyl groups is 1. The Morgan fingerprint density at radius 2 is 1.59 bits per heavy atom. The van der Waals surface area contributed by atoms with Crippen molar-refractivity contribution in [1.29, 1.82) is 10.5 Å². The Morgan fingerprint density at radius 3 is 2.20 bits per heavy atom. The fourth-order valence-corrected chi connectivity index (χ4v) is 8.02. The van der Waals surface area contributed by atoms with Gasteiger partial charge in [0.05, 0.1) is 43.3 Å². The predicted molar refractivity (Wildman–Crippen MR) is 210 cm³/mol. The molecule has 4 rings (SSSR count). The standard InChI is InChI=1S/C41H60FN6O7P/c1-2-3-4-5-6-7-8-9-10-11-12-13-14-15-16-17-18-19-36(52-26-34-22-33(25-43)23-35(42)24-34)27-54-56(50,51)55-30-40(29-44)28-41(49,31-53-40)38-21-20-37-39(45)46-32-47-48(37)38/h20-24,32,36,49H,2-19,26-28,30-31H2,1H3,(H,50,51)(H2,45,46,47)/t36-,40+,41-/m0/s1. The highest BCUT2D eigenvalue weighted by Gasteiger charge is 2.52. The van der Waals surface area contributed by atoms with Crippen molar-refractivity contribution in [2.24, 2.45) is 0 Å². The van der Waals surface area contributed by atoms with Gasteiger partial charge in [0.25, 0.3) is 0 Å². The maximum absolute atomic E-state index is 14.1. The van der Waals surface area contributed by atoms with Gasteiger partial charge in [-0.15, -0.1) is 0 Å². The van der Waals surface area contributed by atoms with Crippen molar-refractivity contribution in [3.63, 3.8) is 0 Å². The van der Waals surface area contributed by atoms with Gasteiger partial charge < -0.3 is 25.2 Å². The molecule has 308 valence electrons. The second kappa shape index (κ2) is 23.1. The summed E-state index contributed by atoms with van der Waals surface area (Å²) in [4.78, 5) is 14.6. The summed E-state index contributed by atoms with van der Waals surface area (Å²) in [6.45, 7) is 0.938. The first-order valence-corrected chi connectivity index (χ1v) is 21.8. The number of phosphoric acid groups is 1. The monoisotopic (exact) mass is 798 g/mol. The number of unbranched alkanes of at least 4 members (excludes halogenated alkanes) is 16. The van der Waals surface area contributed by atoms with E-state index in [-0.39, 0.29) is 37.6 Å². The molecule has 2 aromatic heterocycles. The van der Waals surface area contributed by atoms with Crippen LogP contribution in [0.15, 0.2) is 36.7 Å². The molecule has 0 bridgehead atoms. The summed E-state index contributed by atoms with van der Waals surface area (Å²) in [6.07, 6.45) is 22.0. The average Bonchev–Trinajstić information content (AvgIpc) is 3.79. The fraction of sp³-hybridized carbons (Fsp3) is 0.659. The van der Waals surface area contributed by atoms with Gasteiger partial charge in [0.15, 0.2) is 11.4 Å². The molecule has 1 fully saturated rings. The van der Waals surface area contributed by atoms with E-state index in [2.05, 4.69) is 17.0 Å². The molecular weight excluding hydrogens is 738 g/mol. The quantitative estimate of drug-likeness (QED) is 0.0466. The summed E-state index contributed by atoms with van der Waals surface area (Å²) in [6, 6.07) is 11.1. The van der Waals surface area contributed by atoms with Crippen LogP contribution in [0.2, 0.25) is 0 Å². The Labute approximate surface area is 330 Å². The van der Waals surface area contributed by atoms with Gasteiger partial charge in [-0.2, -0.15) is 15.6 Å². The van der Waals surface area contributed by atoms with E-state index < -0.39 is 37.6 Å². The summed E-state index contributed by atoms with van der Waals surface area (Å²) in [5.74, 6) is -0.357. The number of aromatic nitrogens is 3. The molecule has 1 aliphatic heterocycles. The van der Waals surface area contributed by atoms with E-state index in [0.29, 0.717) is 23.2 Å². The van der Waals surface area contributed by atoms with Crippen LogP contribution in [0.4, 0.5) is 10.2 Å². The van der Waals surface area contributed by atoms with E-state index in [1.807, 2.05) is 12.1 Å². The molecule has 3 heterocycles. The molecule has 15 heteroatoms. The molecule has 4 N–H and O–H groups in total. The van der Waals surface area contributed by atoms with E-state index >= 15 is 0 Å². The van der Waals surface area contributed by atoms with E-state index in [0.717, 1.165) is 31.7 Å². The molecule has 0 aliphatic carbocycles. The highest BCUT2D eigenvalue weighted by atomic mass is 31.2. The normalized spacial score (nSPS) is 19.8. The lowest BCUT2D eigenvalue weighted by molar-refractivity contribution is -0.0244. The maximum atomic E-state index is 14.1. The zero-order valence-electron chi connectivity index (χ0n) is 32.9. The van der Waals surface area contributed by atoms with Crippen LogP contribution in [0.25, 0.3) is 5.52 Å². The lowest BCUT2D eigenvalue weighted by atomic mass is 9.90. The van der Waals surface area contributed by atoms with Crippen LogP contribution in [-0.4, -0.2) is 56.1 Å². The number of nitriles is 2. The minimum atomic E-state index is -4.73. The summed E-state index contributed by atoms with van der Waals surface area (Å²) < 4.78 is 50.9. The zero-order valence-corrected chi connectivity index (χ0v) is 33.8. The molecule has 0 amide bonds. The van der Waals surface area contributed by atoms with Gasteiger partial charge in [-0.3, -0.25) is 9.05 Å². The van der Waals surface area contributed by atoms with Crippen LogP contribution in [0.3, 0.4) is 0 Å². The number of phosphoric ester groups is 1. The molecule has 56 heavy (non-hydrogen) atoms. The summed E-state index contributed by atoms with van der Waals surface area (Å²) >= 11 is 0. The molecule has 1 aliphatic rings. The number of halogens is 1. The van der Waals surface area contributed by atoms with Gasteiger partial charge in [0.1, 0.15) is 35.9 Å². The van der Waals surface area contributed by atoms with Crippen molar-refractivity contribution >= 4 is 19.2 Å². The minimum Gasteiger partial charge on any atom is -0.382 e. The number of anilines is 1. The molecule has 4 atom stereocenters. The summed E-state index contributed by atoms with van der Waals surface area (Å²) in [7, 11) is -4.73. The Morgan fingerprint density at radius 1 is 0.964 bits per heavy atom. The van der Waals surface area contributed by atoms with Gasteiger partial charge in [0, 0.05) is 6.42 Å². The molecule has 0 spiro atoms. The molecule has 1 unspecified atom stereocenters. The largest absolute Gasteiger partial charge is 0.472 e. The summed E-state index contributed by atoms with van der Waals surface area (Å²) in [5.41, 5.74) is 3.86. The maximum Gasteiger partial charge on any atom is 0.472 e. The zero-order chi connectivity index (χ0) is 40.3. The topological polar surface area (TPSA) is 198 Å². The Bertz CT molecular complexity index is 1780. The first-order valence-electron chi connectivity index (χ1n) is 20.3. The van der Waals surface area contributed by atoms with Gasteiger partial charge in [-0.05, 0) is 42.3 Å². The average molecular weight is 799 g/mol. The number of fused-ring (bicyclic) bond motifs is 1. The number of hydrogen-bond acceptors (Lipinski definition) is 11. The van der Waals surface area contributed by atoms with Gasteiger partial charge in [0.2, 0.25) is 0 Å². The highest BCUT2D eigenvalue weighted by Crippen LogP contribution is 2.47. The fourth-order valence-electron chi connectivity index (χ4n) is 7.22. The number of nitrogen functional groups attached to an aromatic ring is 1. The first-order chi connectivity index (χ1) is 27.0.